The van der Waals surface area contributed by atoms with Crippen molar-refractivity contribution in [2.24, 2.45) is 0 Å². The van der Waals surface area contributed by atoms with Gasteiger partial charge in [-0.05, 0) is 12.5 Å². The van der Waals surface area contributed by atoms with Crippen LogP contribution in [0.1, 0.15) is 23.3 Å². The van der Waals surface area contributed by atoms with Gasteiger partial charge in [0.1, 0.15) is 0 Å². The summed E-state index contributed by atoms with van der Waals surface area (Å²) < 4.78 is 2.05. The molecule has 0 aliphatic rings. The molecule has 0 aliphatic heterocycles. The molecule has 0 unspecified atom stereocenters. The van der Waals surface area contributed by atoms with Crippen molar-refractivity contribution in [3.8, 4) is 0 Å². The smallest absolute Gasteiger partial charge is 0.159 e. The molecule has 0 aliphatic carbocycles. The molecule has 20 heavy (non-hydrogen) atoms. The molecule has 0 atom stereocenters. The van der Waals surface area contributed by atoms with E-state index in [1.54, 1.807) is 17.5 Å². The first kappa shape index (κ1) is 12.7. The molecular formula is C15H14N4S. The summed E-state index contributed by atoms with van der Waals surface area (Å²) in [5, 5.41) is 3.02. The van der Waals surface area contributed by atoms with Crippen LogP contribution in [-0.2, 0) is 6.42 Å². The van der Waals surface area contributed by atoms with Gasteiger partial charge in [0.25, 0.3) is 0 Å². The van der Waals surface area contributed by atoms with Crippen LogP contribution < -0.4 is 0 Å². The third-order valence-electron chi connectivity index (χ3n) is 3.13. The number of fused-ring (bicyclic) bond motifs is 1. The molecule has 0 aromatic carbocycles. The summed E-state index contributed by atoms with van der Waals surface area (Å²) in [7, 11) is 0. The summed E-state index contributed by atoms with van der Waals surface area (Å²) in [5.41, 5.74) is 3.90. The number of allylic oxidation sites excluding steroid dienone is 3. The zero-order valence-corrected chi connectivity index (χ0v) is 12.0. The Morgan fingerprint density at radius 1 is 1.35 bits per heavy atom. The minimum absolute atomic E-state index is 0.706. The zero-order valence-electron chi connectivity index (χ0n) is 11.2. The van der Waals surface area contributed by atoms with Gasteiger partial charge in [-0.3, -0.25) is 9.38 Å². The molecule has 3 heterocycles. The predicted molar refractivity (Wildman–Crippen MR) is 81.8 cm³/mol. The summed E-state index contributed by atoms with van der Waals surface area (Å²) in [6, 6.07) is 0. The van der Waals surface area contributed by atoms with Crippen molar-refractivity contribution >= 4 is 22.6 Å². The van der Waals surface area contributed by atoms with E-state index in [-0.39, 0.29) is 0 Å². The Kier molecular flexibility index (Phi) is 3.43. The SMILES string of the molecule is C=C/C(=C\C)c1cnc2c(Cc3nccs3)nccn12. The average molecular weight is 282 g/mol. The van der Waals surface area contributed by atoms with Crippen molar-refractivity contribution in [3.63, 3.8) is 0 Å². The Labute approximate surface area is 121 Å². The summed E-state index contributed by atoms with van der Waals surface area (Å²) in [5.74, 6) is 0. The van der Waals surface area contributed by atoms with Crippen LogP contribution in [0.4, 0.5) is 0 Å². The number of rotatable bonds is 4. The molecule has 3 aromatic heterocycles. The van der Waals surface area contributed by atoms with Gasteiger partial charge < -0.3 is 0 Å². The minimum atomic E-state index is 0.706. The highest BCUT2D eigenvalue weighted by molar-refractivity contribution is 7.09. The molecule has 3 rings (SSSR count). The normalized spacial score (nSPS) is 11.9. The van der Waals surface area contributed by atoms with Crippen LogP contribution in [0.15, 0.2) is 48.9 Å². The van der Waals surface area contributed by atoms with Crippen molar-refractivity contribution < 1.29 is 0 Å². The molecule has 0 amide bonds. The van der Waals surface area contributed by atoms with Crippen molar-refractivity contribution in [1.29, 1.82) is 0 Å². The fraction of sp³-hybridized carbons (Fsp3) is 0.133. The lowest BCUT2D eigenvalue weighted by molar-refractivity contribution is 1.00. The summed E-state index contributed by atoms with van der Waals surface area (Å²) in [6.07, 6.45) is 12.0. The van der Waals surface area contributed by atoms with E-state index in [0.29, 0.717) is 6.42 Å². The average Bonchev–Trinajstić information content (AvgIpc) is 3.11. The van der Waals surface area contributed by atoms with Gasteiger partial charge in [0.15, 0.2) is 5.65 Å². The molecule has 4 nitrogen and oxygen atoms in total. The summed E-state index contributed by atoms with van der Waals surface area (Å²) in [6.45, 7) is 5.84. The van der Waals surface area contributed by atoms with Crippen LogP contribution in [0.2, 0.25) is 0 Å². The van der Waals surface area contributed by atoms with E-state index in [2.05, 4.69) is 21.5 Å². The topological polar surface area (TPSA) is 43.1 Å². The monoisotopic (exact) mass is 282 g/mol. The van der Waals surface area contributed by atoms with Crippen LogP contribution in [0.3, 0.4) is 0 Å². The molecular weight excluding hydrogens is 268 g/mol. The van der Waals surface area contributed by atoms with Crippen LogP contribution in [0.5, 0.6) is 0 Å². The van der Waals surface area contributed by atoms with E-state index in [1.165, 1.54) is 0 Å². The van der Waals surface area contributed by atoms with Crippen LogP contribution in [0, 0.1) is 0 Å². The molecule has 5 heteroatoms. The predicted octanol–water partition coefficient (Wildman–Crippen LogP) is 3.37. The van der Waals surface area contributed by atoms with Gasteiger partial charge in [0.05, 0.1) is 22.6 Å². The van der Waals surface area contributed by atoms with Gasteiger partial charge in [-0.1, -0.05) is 18.7 Å². The minimum Gasteiger partial charge on any atom is -0.297 e. The van der Waals surface area contributed by atoms with Gasteiger partial charge in [0.2, 0.25) is 0 Å². The molecule has 0 bridgehead atoms. The lowest BCUT2D eigenvalue weighted by Gasteiger charge is -2.04. The van der Waals surface area contributed by atoms with Crippen molar-refractivity contribution in [3.05, 3.63) is 65.3 Å². The maximum absolute atomic E-state index is 4.50. The maximum atomic E-state index is 4.50. The first-order valence-corrected chi connectivity index (χ1v) is 7.20. The highest BCUT2D eigenvalue weighted by atomic mass is 32.1. The molecule has 0 spiro atoms. The number of thiazole rings is 1. The number of aromatic nitrogens is 4. The Hall–Kier alpha value is -2.27. The van der Waals surface area contributed by atoms with E-state index in [0.717, 1.165) is 27.6 Å². The lowest BCUT2D eigenvalue weighted by Crippen LogP contribution is -1.99. The standard InChI is InChI=1S/C15H14N4S/c1-3-11(4-2)13-10-18-15-12(16-5-7-19(13)15)9-14-17-6-8-20-14/h3-8,10H,1,9H2,2H3/b11-4+. The number of imidazole rings is 1. The largest absolute Gasteiger partial charge is 0.297 e. The van der Waals surface area contributed by atoms with E-state index < -0.39 is 0 Å². The second-order valence-electron chi connectivity index (χ2n) is 4.26. The summed E-state index contributed by atoms with van der Waals surface area (Å²) >= 11 is 1.63. The third kappa shape index (κ3) is 2.16. The fourth-order valence-electron chi connectivity index (χ4n) is 2.17. The van der Waals surface area contributed by atoms with E-state index >= 15 is 0 Å². The molecule has 100 valence electrons. The Morgan fingerprint density at radius 2 is 2.25 bits per heavy atom. The first-order chi connectivity index (χ1) is 9.83. The molecule has 0 fully saturated rings. The highest BCUT2D eigenvalue weighted by Crippen LogP contribution is 2.20. The van der Waals surface area contributed by atoms with Crippen LogP contribution >= 0.6 is 11.3 Å². The highest BCUT2D eigenvalue weighted by Gasteiger charge is 2.11. The van der Waals surface area contributed by atoms with Gasteiger partial charge >= 0.3 is 0 Å². The van der Waals surface area contributed by atoms with Crippen molar-refractivity contribution in [2.45, 2.75) is 13.3 Å². The number of hydrogen-bond acceptors (Lipinski definition) is 4. The van der Waals surface area contributed by atoms with Crippen molar-refractivity contribution in [1.82, 2.24) is 19.4 Å². The van der Waals surface area contributed by atoms with Crippen molar-refractivity contribution in [2.75, 3.05) is 0 Å². The molecule has 0 saturated heterocycles. The number of hydrogen-bond donors (Lipinski definition) is 0. The van der Waals surface area contributed by atoms with Crippen LogP contribution in [-0.4, -0.2) is 19.4 Å². The second-order valence-corrected chi connectivity index (χ2v) is 5.24. The Morgan fingerprint density at radius 3 is 2.95 bits per heavy atom. The molecule has 0 radical (unpaired) electrons. The van der Waals surface area contributed by atoms with Gasteiger partial charge in [-0.25, -0.2) is 9.97 Å². The molecule has 0 N–H and O–H groups in total. The third-order valence-corrected chi connectivity index (χ3v) is 3.91. The van der Waals surface area contributed by atoms with Gasteiger partial charge in [-0.15, -0.1) is 11.3 Å². The van der Waals surface area contributed by atoms with E-state index in [1.807, 2.05) is 47.4 Å². The zero-order chi connectivity index (χ0) is 13.9. The van der Waals surface area contributed by atoms with Gasteiger partial charge in [-0.2, -0.15) is 0 Å². The Balaban J connectivity index is 2.10. The summed E-state index contributed by atoms with van der Waals surface area (Å²) in [4.78, 5) is 13.3. The first-order valence-electron chi connectivity index (χ1n) is 6.32. The van der Waals surface area contributed by atoms with Crippen LogP contribution in [0.25, 0.3) is 11.2 Å². The fourth-order valence-corrected chi connectivity index (χ4v) is 2.79. The lowest BCUT2D eigenvalue weighted by atomic mass is 10.2. The molecule has 0 saturated carbocycles. The van der Waals surface area contributed by atoms with Gasteiger partial charge in [0, 0.05) is 30.4 Å². The molecule has 3 aromatic rings. The van der Waals surface area contributed by atoms with E-state index in [4.69, 9.17) is 0 Å². The Bertz CT molecular complexity index is 768. The number of nitrogens with zero attached hydrogens (tertiary/aromatic N) is 4. The van der Waals surface area contributed by atoms with E-state index in [9.17, 15) is 0 Å². The quantitative estimate of drug-likeness (QED) is 0.689. The maximum Gasteiger partial charge on any atom is 0.159 e. The second kappa shape index (κ2) is 5.38.